The number of sulfonamides is 1. The molecule has 0 radical (unpaired) electrons. The maximum atomic E-state index is 13.0. The molecule has 0 atom stereocenters. The third-order valence-electron chi connectivity index (χ3n) is 5.56. The molecule has 2 aromatic carbocycles. The van der Waals surface area contributed by atoms with Crippen molar-refractivity contribution in [1.82, 2.24) is 14.1 Å². The zero-order chi connectivity index (χ0) is 22.0. The molecule has 1 aromatic heterocycles. The largest absolute Gasteiger partial charge is 0.322 e. The molecule has 0 aliphatic carbocycles. The van der Waals surface area contributed by atoms with Gasteiger partial charge in [-0.2, -0.15) is 9.40 Å². The number of anilines is 1. The number of rotatable bonds is 6. The Bertz CT molecular complexity index is 1180. The van der Waals surface area contributed by atoms with E-state index in [1.54, 1.807) is 35.0 Å². The van der Waals surface area contributed by atoms with Crippen LogP contribution in [0.2, 0.25) is 0 Å². The van der Waals surface area contributed by atoms with Crippen LogP contribution in [0.25, 0.3) is 0 Å². The molecule has 8 heteroatoms. The van der Waals surface area contributed by atoms with Crippen LogP contribution in [0.1, 0.15) is 40.2 Å². The number of aromatic nitrogens is 2. The second-order valence-electron chi connectivity index (χ2n) is 7.79. The fourth-order valence-corrected chi connectivity index (χ4v) is 5.81. The Hall–Kier alpha value is -2.97. The van der Waals surface area contributed by atoms with Crippen molar-refractivity contribution in [1.29, 1.82) is 0 Å². The maximum absolute atomic E-state index is 13.0. The Morgan fingerprint density at radius 3 is 2.29 bits per heavy atom. The first-order valence-electron chi connectivity index (χ1n) is 10.4. The van der Waals surface area contributed by atoms with Crippen LogP contribution in [0.5, 0.6) is 0 Å². The molecule has 4 rings (SSSR count). The molecule has 0 saturated carbocycles. The van der Waals surface area contributed by atoms with Crippen molar-refractivity contribution in [3.05, 3.63) is 77.1 Å². The molecule has 1 saturated heterocycles. The van der Waals surface area contributed by atoms with Gasteiger partial charge in [0.1, 0.15) is 4.90 Å². The Balaban J connectivity index is 1.50. The van der Waals surface area contributed by atoms with Gasteiger partial charge >= 0.3 is 0 Å². The van der Waals surface area contributed by atoms with Crippen molar-refractivity contribution in [2.75, 3.05) is 18.4 Å². The molecule has 1 N–H and O–H groups in total. The summed E-state index contributed by atoms with van der Waals surface area (Å²) in [6.45, 7) is 5.11. The fraction of sp³-hybridized carbons (Fsp3) is 0.304. The monoisotopic (exact) mass is 438 g/mol. The van der Waals surface area contributed by atoms with Crippen LogP contribution in [-0.2, 0) is 16.6 Å². The van der Waals surface area contributed by atoms with Crippen LogP contribution in [0.15, 0.2) is 59.5 Å². The SMILES string of the molecule is Cc1nn(Cc2ccc(C(=O)Nc3ccccc3)cc2)c(C)c1S(=O)(=O)N1CCCC1. The molecule has 1 aliphatic heterocycles. The highest BCUT2D eigenvalue weighted by Crippen LogP contribution is 2.26. The lowest BCUT2D eigenvalue weighted by Gasteiger charge is -2.15. The van der Waals surface area contributed by atoms with E-state index < -0.39 is 10.0 Å². The summed E-state index contributed by atoms with van der Waals surface area (Å²) in [5, 5.41) is 7.35. The van der Waals surface area contributed by atoms with Gasteiger partial charge in [0, 0.05) is 24.3 Å². The summed E-state index contributed by atoms with van der Waals surface area (Å²) in [6, 6.07) is 16.6. The van der Waals surface area contributed by atoms with E-state index in [4.69, 9.17) is 0 Å². The van der Waals surface area contributed by atoms with E-state index in [2.05, 4.69) is 10.4 Å². The highest BCUT2D eigenvalue weighted by atomic mass is 32.2. The molecule has 7 nitrogen and oxygen atoms in total. The standard InChI is InChI=1S/C23H26N4O3S/c1-17-22(31(29,30)26-14-6-7-15-26)18(2)27(25-17)16-19-10-12-20(13-11-19)23(28)24-21-8-4-3-5-9-21/h3-5,8-13H,6-7,14-16H2,1-2H3,(H,24,28). The number of nitrogens with zero attached hydrogens (tertiary/aromatic N) is 3. The Morgan fingerprint density at radius 1 is 1.00 bits per heavy atom. The summed E-state index contributed by atoms with van der Waals surface area (Å²) in [7, 11) is -3.52. The number of hydrogen-bond acceptors (Lipinski definition) is 4. The van der Waals surface area contributed by atoms with Crippen LogP contribution in [0.3, 0.4) is 0 Å². The van der Waals surface area contributed by atoms with Crippen molar-refractivity contribution in [3.63, 3.8) is 0 Å². The van der Waals surface area contributed by atoms with Crippen molar-refractivity contribution in [3.8, 4) is 0 Å². The average molecular weight is 439 g/mol. The van der Waals surface area contributed by atoms with E-state index in [-0.39, 0.29) is 5.91 Å². The van der Waals surface area contributed by atoms with Crippen molar-refractivity contribution in [2.24, 2.45) is 0 Å². The minimum absolute atomic E-state index is 0.178. The number of hydrogen-bond donors (Lipinski definition) is 1. The van der Waals surface area contributed by atoms with Crippen LogP contribution in [0, 0.1) is 13.8 Å². The molecule has 31 heavy (non-hydrogen) atoms. The number of carbonyl (C=O) groups is 1. The van der Waals surface area contributed by atoms with Gasteiger partial charge in [-0.05, 0) is 56.5 Å². The maximum Gasteiger partial charge on any atom is 0.255 e. The topological polar surface area (TPSA) is 84.3 Å². The van der Waals surface area contributed by atoms with E-state index in [0.29, 0.717) is 41.5 Å². The summed E-state index contributed by atoms with van der Waals surface area (Å²) in [4.78, 5) is 12.7. The second kappa shape index (κ2) is 8.64. The fourth-order valence-electron chi connectivity index (χ4n) is 3.92. The Kier molecular flexibility index (Phi) is 5.93. The van der Waals surface area contributed by atoms with E-state index in [0.717, 1.165) is 24.1 Å². The predicted octanol–water partition coefficient (Wildman–Crippen LogP) is 3.59. The van der Waals surface area contributed by atoms with Gasteiger partial charge in [0.25, 0.3) is 5.91 Å². The van der Waals surface area contributed by atoms with E-state index in [1.165, 1.54) is 0 Å². The lowest BCUT2D eigenvalue weighted by Crippen LogP contribution is -2.28. The molecule has 0 spiro atoms. The first-order valence-corrected chi connectivity index (χ1v) is 11.8. The number of nitrogens with one attached hydrogen (secondary N) is 1. The molecule has 0 bridgehead atoms. The van der Waals surface area contributed by atoms with Gasteiger partial charge in [0.2, 0.25) is 10.0 Å². The Morgan fingerprint density at radius 2 is 1.65 bits per heavy atom. The average Bonchev–Trinajstić information content (AvgIpc) is 3.39. The van der Waals surface area contributed by atoms with Gasteiger partial charge in [-0.1, -0.05) is 30.3 Å². The number of para-hydroxylation sites is 1. The van der Waals surface area contributed by atoms with Crippen LogP contribution in [-0.4, -0.2) is 41.5 Å². The molecule has 1 amide bonds. The summed E-state index contributed by atoms with van der Waals surface area (Å²) in [6.07, 6.45) is 1.80. The number of benzene rings is 2. The zero-order valence-electron chi connectivity index (χ0n) is 17.7. The molecular formula is C23H26N4O3S. The number of carbonyl (C=O) groups excluding carboxylic acids is 1. The third-order valence-corrected chi connectivity index (χ3v) is 7.71. The van der Waals surface area contributed by atoms with Gasteiger partial charge in [-0.15, -0.1) is 0 Å². The molecule has 3 aromatic rings. The van der Waals surface area contributed by atoms with E-state index >= 15 is 0 Å². The molecule has 2 heterocycles. The second-order valence-corrected chi connectivity index (χ2v) is 9.66. The van der Waals surface area contributed by atoms with Gasteiger partial charge in [0.05, 0.1) is 17.9 Å². The highest BCUT2D eigenvalue weighted by Gasteiger charge is 2.32. The predicted molar refractivity (Wildman–Crippen MR) is 120 cm³/mol. The summed E-state index contributed by atoms with van der Waals surface area (Å²) in [5.74, 6) is -0.178. The van der Waals surface area contributed by atoms with Crippen molar-refractivity contribution >= 4 is 21.6 Å². The summed E-state index contributed by atoms with van der Waals surface area (Å²) < 4.78 is 29.3. The molecular weight excluding hydrogens is 412 g/mol. The molecule has 162 valence electrons. The van der Waals surface area contributed by atoms with Crippen molar-refractivity contribution in [2.45, 2.75) is 38.1 Å². The quantitative estimate of drug-likeness (QED) is 0.638. The summed E-state index contributed by atoms with van der Waals surface area (Å²) in [5.41, 5.74) is 3.38. The van der Waals surface area contributed by atoms with Crippen LogP contribution < -0.4 is 5.32 Å². The molecule has 0 unspecified atom stereocenters. The molecule has 1 fully saturated rings. The van der Waals surface area contributed by atoms with Crippen molar-refractivity contribution < 1.29 is 13.2 Å². The van der Waals surface area contributed by atoms with Gasteiger partial charge in [0.15, 0.2) is 0 Å². The van der Waals surface area contributed by atoms with Crippen LogP contribution in [0.4, 0.5) is 5.69 Å². The minimum atomic E-state index is -3.52. The highest BCUT2D eigenvalue weighted by molar-refractivity contribution is 7.89. The van der Waals surface area contributed by atoms with Gasteiger partial charge in [-0.25, -0.2) is 8.42 Å². The summed E-state index contributed by atoms with van der Waals surface area (Å²) >= 11 is 0. The zero-order valence-corrected chi connectivity index (χ0v) is 18.5. The lowest BCUT2D eigenvalue weighted by molar-refractivity contribution is 0.102. The van der Waals surface area contributed by atoms with E-state index in [9.17, 15) is 13.2 Å². The normalized spacial score (nSPS) is 14.6. The third kappa shape index (κ3) is 4.40. The minimum Gasteiger partial charge on any atom is -0.322 e. The van der Waals surface area contributed by atoms with Gasteiger partial charge < -0.3 is 5.32 Å². The first-order chi connectivity index (χ1) is 14.9. The Labute approximate surface area is 182 Å². The molecule has 1 aliphatic rings. The lowest BCUT2D eigenvalue weighted by atomic mass is 10.1. The van der Waals surface area contributed by atoms with Gasteiger partial charge in [-0.3, -0.25) is 9.48 Å². The van der Waals surface area contributed by atoms with Crippen LogP contribution >= 0.6 is 0 Å². The smallest absolute Gasteiger partial charge is 0.255 e. The number of amides is 1. The number of aryl methyl sites for hydroxylation is 1. The van der Waals surface area contributed by atoms with E-state index in [1.807, 2.05) is 42.5 Å². The first kappa shape index (κ1) is 21.3.